The molecular weight excluding hydrogens is 242 g/mol. The lowest BCUT2D eigenvalue weighted by Crippen LogP contribution is -2.24. The maximum Gasteiger partial charge on any atom is 0.122 e. The number of nitrogens with one attached hydrogen (secondary N) is 1. The molecular formula is C15H17NOS. The van der Waals surface area contributed by atoms with Crippen LogP contribution in [-0.4, -0.2) is 13.7 Å². The molecule has 1 N–H and O–H groups in total. The fraction of sp³-hybridized carbons (Fsp3) is 0.333. The number of para-hydroxylation sites is 1. The molecule has 0 bridgehead atoms. The SMILES string of the molecule is CNC(c1csc(C)c1)C1COc2ccccc21. The molecule has 0 saturated heterocycles. The van der Waals surface area contributed by atoms with Crippen molar-refractivity contribution >= 4 is 11.3 Å². The summed E-state index contributed by atoms with van der Waals surface area (Å²) < 4.78 is 5.79. The predicted octanol–water partition coefficient (Wildman–Crippen LogP) is 3.49. The van der Waals surface area contributed by atoms with E-state index in [2.05, 4.69) is 41.9 Å². The molecule has 2 nitrogen and oxygen atoms in total. The van der Waals surface area contributed by atoms with Gasteiger partial charge in [-0.05, 0) is 37.0 Å². The lowest BCUT2D eigenvalue weighted by molar-refractivity contribution is 0.304. The van der Waals surface area contributed by atoms with E-state index in [1.165, 1.54) is 16.0 Å². The van der Waals surface area contributed by atoms with Gasteiger partial charge in [0.2, 0.25) is 0 Å². The largest absolute Gasteiger partial charge is 0.493 e. The van der Waals surface area contributed by atoms with Gasteiger partial charge in [0.05, 0.1) is 6.61 Å². The molecule has 0 aliphatic carbocycles. The molecule has 2 aromatic rings. The zero-order valence-corrected chi connectivity index (χ0v) is 11.5. The van der Waals surface area contributed by atoms with Crippen molar-refractivity contribution < 1.29 is 4.74 Å². The Kier molecular flexibility index (Phi) is 3.10. The Balaban J connectivity index is 1.95. The van der Waals surface area contributed by atoms with Crippen LogP contribution >= 0.6 is 11.3 Å². The van der Waals surface area contributed by atoms with E-state index in [1.807, 2.05) is 24.5 Å². The first-order valence-electron chi connectivity index (χ1n) is 6.23. The first-order chi connectivity index (χ1) is 8.79. The molecule has 94 valence electrons. The van der Waals surface area contributed by atoms with Crippen molar-refractivity contribution in [3.63, 3.8) is 0 Å². The Morgan fingerprint density at radius 2 is 2.22 bits per heavy atom. The molecule has 18 heavy (non-hydrogen) atoms. The molecule has 0 amide bonds. The number of fused-ring (bicyclic) bond motifs is 1. The van der Waals surface area contributed by atoms with Crippen molar-refractivity contribution in [2.75, 3.05) is 13.7 Å². The van der Waals surface area contributed by atoms with Gasteiger partial charge in [0, 0.05) is 22.4 Å². The number of likely N-dealkylation sites (N-methyl/N-ethyl adjacent to an activating group) is 1. The van der Waals surface area contributed by atoms with Crippen LogP contribution in [0.25, 0.3) is 0 Å². The van der Waals surface area contributed by atoms with Crippen molar-refractivity contribution in [1.29, 1.82) is 0 Å². The molecule has 3 heteroatoms. The number of hydrogen-bond acceptors (Lipinski definition) is 3. The molecule has 0 saturated carbocycles. The monoisotopic (exact) mass is 259 g/mol. The van der Waals surface area contributed by atoms with Crippen LogP contribution in [0.15, 0.2) is 35.7 Å². The van der Waals surface area contributed by atoms with Crippen LogP contribution < -0.4 is 10.1 Å². The van der Waals surface area contributed by atoms with E-state index in [-0.39, 0.29) is 0 Å². The smallest absolute Gasteiger partial charge is 0.122 e. The van der Waals surface area contributed by atoms with E-state index in [0.717, 1.165) is 12.4 Å². The second kappa shape index (κ2) is 4.75. The van der Waals surface area contributed by atoms with Gasteiger partial charge < -0.3 is 10.1 Å². The third-order valence-electron chi connectivity index (χ3n) is 3.56. The number of hydrogen-bond donors (Lipinski definition) is 1. The summed E-state index contributed by atoms with van der Waals surface area (Å²) >= 11 is 1.81. The molecule has 1 aliphatic rings. The van der Waals surface area contributed by atoms with E-state index in [9.17, 15) is 0 Å². The van der Waals surface area contributed by atoms with E-state index < -0.39 is 0 Å². The van der Waals surface area contributed by atoms with Crippen LogP contribution in [-0.2, 0) is 0 Å². The summed E-state index contributed by atoms with van der Waals surface area (Å²) in [6.45, 7) is 2.92. The quantitative estimate of drug-likeness (QED) is 0.911. The number of aryl methyl sites for hydroxylation is 1. The highest BCUT2D eigenvalue weighted by Gasteiger charge is 2.31. The summed E-state index contributed by atoms with van der Waals surface area (Å²) in [4.78, 5) is 1.36. The van der Waals surface area contributed by atoms with Gasteiger partial charge in [-0.1, -0.05) is 18.2 Å². The predicted molar refractivity (Wildman–Crippen MR) is 75.5 cm³/mol. The first kappa shape index (κ1) is 11.8. The summed E-state index contributed by atoms with van der Waals surface area (Å²) in [6, 6.07) is 11.0. The van der Waals surface area contributed by atoms with Gasteiger partial charge in [-0.15, -0.1) is 11.3 Å². The van der Waals surface area contributed by atoms with Crippen LogP contribution in [0.4, 0.5) is 0 Å². The Bertz CT molecular complexity index is 549. The highest BCUT2D eigenvalue weighted by Crippen LogP contribution is 2.41. The summed E-state index contributed by atoms with van der Waals surface area (Å²) in [6.07, 6.45) is 0. The minimum Gasteiger partial charge on any atom is -0.493 e. The Hall–Kier alpha value is -1.32. The molecule has 1 aromatic heterocycles. The van der Waals surface area contributed by atoms with Crippen molar-refractivity contribution in [2.24, 2.45) is 0 Å². The maximum atomic E-state index is 5.79. The third kappa shape index (κ3) is 1.93. The van der Waals surface area contributed by atoms with Crippen molar-refractivity contribution in [3.8, 4) is 5.75 Å². The fourth-order valence-electron chi connectivity index (χ4n) is 2.69. The maximum absolute atomic E-state index is 5.79. The summed E-state index contributed by atoms with van der Waals surface area (Å²) in [5, 5.41) is 5.69. The van der Waals surface area contributed by atoms with Gasteiger partial charge in [-0.25, -0.2) is 0 Å². The second-order valence-corrected chi connectivity index (χ2v) is 5.83. The summed E-state index contributed by atoms with van der Waals surface area (Å²) in [5.74, 6) is 1.44. The Morgan fingerprint density at radius 3 is 2.94 bits per heavy atom. The van der Waals surface area contributed by atoms with Crippen molar-refractivity contribution in [1.82, 2.24) is 5.32 Å². The highest BCUT2D eigenvalue weighted by molar-refractivity contribution is 7.10. The Labute approximate surface area is 112 Å². The van der Waals surface area contributed by atoms with Crippen molar-refractivity contribution in [3.05, 3.63) is 51.7 Å². The minimum absolute atomic E-state index is 0.332. The molecule has 2 heterocycles. The van der Waals surface area contributed by atoms with Crippen LogP contribution in [0.5, 0.6) is 5.75 Å². The van der Waals surface area contributed by atoms with Gasteiger partial charge >= 0.3 is 0 Å². The normalized spacial score (nSPS) is 19.3. The Morgan fingerprint density at radius 1 is 1.39 bits per heavy atom. The number of ether oxygens (including phenoxy) is 1. The molecule has 1 aromatic carbocycles. The highest BCUT2D eigenvalue weighted by atomic mass is 32.1. The molecule has 0 radical (unpaired) electrons. The molecule has 2 atom stereocenters. The van der Waals surface area contributed by atoms with Crippen LogP contribution in [0.3, 0.4) is 0 Å². The summed E-state index contributed by atoms with van der Waals surface area (Å²) in [7, 11) is 2.03. The average Bonchev–Trinajstić information content (AvgIpc) is 2.98. The van der Waals surface area contributed by atoms with Crippen LogP contribution in [0, 0.1) is 6.92 Å². The fourth-order valence-corrected chi connectivity index (χ4v) is 3.43. The van der Waals surface area contributed by atoms with Crippen LogP contribution in [0.2, 0.25) is 0 Å². The molecule has 2 unspecified atom stereocenters. The van der Waals surface area contributed by atoms with Gasteiger partial charge in [0.25, 0.3) is 0 Å². The summed E-state index contributed by atoms with van der Waals surface area (Å²) in [5.41, 5.74) is 2.69. The first-order valence-corrected chi connectivity index (χ1v) is 7.11. The molecule has 0 fully saturated rings. The van der Waals surface area contributed by atoms with Gasteiger partial charge in [0.15, 0.2) is 0 Å². The minimum atomic E-state index is 0.332. The van der Waals surface area contributed by atoms with E-state index in [1.54, 1.807) is 0 Å². The zero-order chi connectivity index (χ0) is 12.5. The number of rotatable bonds is 3. The molecule has 1 aliphatic heterocycles. The van der Waals surface area contributed by atoms with Gasteiger partial charge in [-0.2, -0.15) is 0 Å². The lowest BCUT2D eigenvalue weighted by Gasteiger charge is -2.21. The molecule has 0 spiro atoms. The van der Waals surface area contributed by atoms with E-state index >= 15 is 0 Å². The van der Waals surface area contributed by atoms with E-state index in [4.69, 9.17) is 4.74 Å². The topological polar surface area (TPSA) is 21.3 Å². The number of benzene rings is 1. The van der Waals surface area contributed by atoms with Crippen molar-refractivity contribution in [2.45, 2.75) is 18.9 Å². The third-order valence-corrected chi connectivity index (χ3v) is 4.44. The van der Waals surface area contributed by atoms with Gasteiger partial charge in [0.1, 0.15) is 5.75 Å². The van der Waals surface area contributed by atoms with Gasteiger partial charge in [-0.3, -0.25) is 0 Å². The van der Waals surface area contributed by atoms with E-state index in [0.29, 0.717) is 12.0 Å². The second-order valence-electron chi connectivity index (χ2n) is 4.71. The molecule has 3 rings (SSSR count). The number of thiophene rings is 1. The lowest BCUT2D eigenvalue weighted by atomic mass is 9.90. The zero-order valence-electron chi connectivity index (χ0n) is 10.6. The van der Waals surface area contributed by atoms with Crippen LogP contribution in [0.1, 0.15) is 28.0 Å². The standard InChI is InChI=1S/C15H17NOS/c1-10-7-11(9-18-10)15(16-2)13-8-17-14-6-4-3-5-12(13)14/h3-7,9,13,15-16H,8H2,1-2H3. The average molecular weight is 259 g/mol.